The Bertz CT molecular complexity index is 1330. The average molecular weight is 453 g/mol. The first-order valence-corrected chi connectivity index (χ1v) is 11.5. The number of para-hydroxylation sites is 1. The predicted molar refractivity (Wildman–Crippen MR) is 138 cm³/mol. The quantitative estimate of drug-likeness (QED) is 0.474. The number of benzene rings is 3. The van der Waals surface area contributed by atoms with E-state index < -0.39 is 0 Å². The van der Waals surface area contributed by atoms with Gasteiger partial charge in [0.05, 0.1) is 5.52 Å². The highest BCUT2D eigenvalue weighted by molar-refractivity contribution is 5.98. The Labute approximate surface area is 199 Å². The lowest BCUT2D eigenvalue weighted by Gasteiger charge is -2.34. The van der Waals surface area contributed by atoms with Gasteiger partial charge in [0.1, 0.15) is 0 Å². The van der Waals surface area contributed by atoms with Gasteiger partial charge in [0.2, 0.25) is 5.95 Å². The van der Waals surface area contributed by atoms with E-state index in [2.05, 4.69) is 50.7 Å². The molecule has 172 valence electrons. The zero-order chi connectivity index (χ0) is 23.5. The number of carbonyl (C=O) groups excluding carboxylic acids is 1. The standard InChI is InChI=1S/C27H28N6O/c1-28-26(34)20-7-3-6-19(16-20)24-11-4-8-21-18-29-27(31-25(21)24)30-22-9-5-10-23(17-22)33-14-12-32(2)13-15-33/h3-11,16-18H,12-15H2,1-2H3,(H,28,34)(H,29,30,31). The summed E-state index contributed by atoms with van der Waals surface area (Å²) < 4.78 is 0. The Kier molecular flexibility index (Phi) is 6.10. The second-order valence-electron chi connectivity index (χ2n) is 8.56. The van der Waals surface area contributed by atoms with Crippen LogP contribution >= 0.6 is 0 Å². The van der Waals surface area contributed by atoms with E-state index in [1.54, 1.807) is 7.05 Å². The summed E-state index contributed by atoms with van der Waals surface area (Å²) >= 11 is 0. The minimum Gasteiger partial charge on any atom is -0.369 e. The molecular weight excluding hydrogens is 424 g/mol. The fourth-order valence-corrected chi connectivity index (χ4v) is 4.30. The van der Waals surface area contributed by atoms with Gasteiger partial charge in [-0.2, -0.15) is 0 Å². The molecule has 34 heavy (non-hydrogen) atoms. The molecule has 0 radical (unpaired) electrons. The number of hydrogen-bond acceptors (Lipinski definition) is 6. The van der Waals surface area contributed by atoms with E-state index in [0.717, 1.165) is 53.9 Å². The normalized spacial score (nSPS) is 14.2. The van der Waals surface area contributed by atoms with E-state index in [0.29, 0.717) is 11.5 Å². The number of rotatable bonds is 5. The number of piperazine rings is 1. The molecule has 0 bridgehead atoms. The maximum Gasteiger partial charge on any atom is 0.251 e. The molecule has 1 aliphatic rings. The summed E-state index contributed by atoms with van der Waals surface area (Å²) in [5.41, 5.74) is 5.50. The van der Waals surface area contributed by atoms with Crippen LogP contribution in [-0.4, -0.2) is 61.0 Å². The number of likely N-dealkylation sites (N-methyl/N-ethyl adjacent to an activating group) is 1. The van der Waals surface area contributed by atoms with Gasteiger partial charge in [0.15, 0.2) is 0 Å². The molecule has 0 atom stereocenters. The second-order valence-corrected chi connectivity index (χ2v) is 8.56. The summed E-state index contributed by atoms with van der Waals surface area (Å²) in [5.74, 6) is 0.428. The van der Waals surface area contributed by atoms with Crippen LogP contribution in [0.25, 0.3) is 22.0 Å². The molecule has 0 unspecified atom stereocenters. The van der Waals surface area contributed by atoms with Gasteiger partial charge >= 0.3 is 0 Å². The number of amides is 1. The molecule has 7 nitrogen and oxygen atoms in total. The third-order valence-electron chi connectivity index (χ3n) is 6.24. The zero-order valence-corrected chi connectivity index (χ0v) is 19.5. The molecule has 3 aromatic carbocycles. The van der Waals surface area contributed by atoms with Crippen LogP contribution in [0.2, 0.25) is 0 Å². The number of anilines is 3. The van der Waals surface area contributed by atoms with Crippen LogP contribution in [0.15, 0.2) is 72.9 Å². The monoisotopic (exact) mass is 452 g/mol. The van der Waals surface area contributed by atoms with Crippen LogP contribution in [0, 0.1) is 0 Å². The van der Waals surface area contributed by atoms with Gasteiger partial charge in [-0.1, -0.05) is 36.4 Å². The van der Waals surface area contributed by atoms with E-state index in [1.165, 1.54) is 5.69 Å². The minimum absolute atomic E-state index is 0.112. The van der Waals surface area contributed by atoms with E-state index in [1.807, 2.05) is 54.7 Å². The van der Waals surface area contributed by atoms with Gasteiger partial charge in [-0.3, -0.25) is 4.79 Å². The Morgan fingerprint density at radius 1 is 0.941 bits per heavy atom. The zero-order valence-electron chi connectivity index (χ0n) is 19.5. The van der Waals surface area contributed by atoms with E-state index >= 15 is 0 Å². The van der Waals surface area contributed by atoms with Crippen molar-refractivity contribution in [3.05, 3.63) is 78.5 Å². The maximum atomic E-state index is 12.1. The van der Waals surface area contributed by atoms with E-state index in [4.69, 9.17) is 4.98 Å². The summed E-state index contributed by atoms with van der Waals surface area (Å²) in [6.07, 6.45) is 1.83. The molecule has 1 saturated heterocycles. The largest absolute Gasteiger partial charge is 0.369 e. The summed E-state index contributed by atoms with van der Waals surface area (Å²) in [7, 11) is 3.80. The Morgan fingerprint density at radius 2 is 1.74 bits per heavy atom. The van der Waals surface area contributed by atoms with Crippen LogP contribution in [-0.2, 0) is 0 Å². The van der Waals surface area contributed by atoms with Crippen LogP contribution in [0.1, 0.15) is 10.4 Å². The molecule has 2 N–H and O–H groups in total. The van der Waals surface area contributed by atoms with Crippen molar-refractivity contribution in [2.45, 2.75) is 0 Å². The average Bonchev–Trinajstić information content (AvgIpc) is 2.88. The highest BCUT2D eigenvalue weighted by Gasteiger charge is 2.15. The molecule has 0 aliphatic carbocycles. The third kappa shape index (κ3) is 4.56. The Morgan fingerprint density at radius 3 is 2.56 bits per heavy atom. The fraction of sp³-hybridized carbons (Fsp3) is 0.222. The predicted octanol–water partition coefficient (Wildman–Crippen LogP) is 4.15. The van der Waals surface area contributed by atoms with Gasteiger partial charge in [-0.15, -0.1) is 0 Å². The second kappa shape index (κ2) is 9.49. The summed E-state index contributed by atoms with van der Waals surface area (Å²) in [5, 5.41) is 7.01. The molecule has 1 aliphatic heterocycles. The maximum absolute atomic E-state index is 12.1. The lowest BCUT2D eigenvalue weighted by molar-refractivity contribution is 0.0963. The van der Waals surface area contributed by atoms with Crippen molar-refractivity contribution >= 4 is 34.1 Å². The molecule has 1 fully saturated rings. The number of nitrogens with one attached hydrogen (secondary N) is 2. The topological polar surface area (TPSA) is 73.4 Å². The van der Waals surface area contributed by atoms with Crippen LogP contribution < -0.4 is 15.5 Å². The molecule has 0 saturated carbocycles. The molecule has 0 spiro atoms. The molecule has 1 aromatic heterocycles. The van der Waals surface area contributed by atoms with Gasteiger partial charge in [0.25, 0.3) is 5.91 Å². The number of hydrogen-bond donors (Lipinski definition) is 2. The Balaban J connectivity index is 1.45. The van der Waals surface area contributed by atoms with Gasteiger partial charge in [-0.25, -0.2) is 9.97 Å². The van der Waals surface area contributed by atoms with Crippen molar-refractivity contribution in [2.75, 3.05) is 50.5 Å². The molecule has 2 heterocycles. The summed E-state index contributed by atoms with van der Waals surface area (Å²) in [6, 6.07) is 22.0. The van der Waals surface area contributed by atoms with Crippen LogP contribution in [0.4, 0.5) is 17.3 Å². The lowest BCUT2D eigenvalue weighted by atomic mass is 10.0. The van der Waals surface area contributed by atoms with E-state index in [9.17, 15) is 4.79 Å². The number of aromatic nitrogens is 2. The molecular formula is C27H28N6O. The van der Waals surface area contributed by atoms with Crippen molar-refractivity contribution < 1.29 is 4.79 Å². The van der Waals surface area contributed by atoms with Crippen molar-refractivity contribution in [1.29, 1.82) is 0 Å². The fourth-order valence-electron chi connectivity index (χ4n) is 4.30. The first kappa shape index (κ1) is 21.9. The van der Waals surface area contributed by atoms with Gasteiger partial charge in [-0.05, 0) is 42.9 Å². The first-order valence-electron chi connectivity index (χ1n) is 11.5. The van der Waals surface area contributed by atoms with Gasteiger partial charge in [0, 0.05) is 67.3 Å². The Hall–Kier alpha value is -3.97. The molecule has 1 amide bonds. The molecule has 7 heteroatoms. The SMILES string of the molecule is CNC(=O)c1cccc(-c2cccc3cnc(Nc4cccc(N5CCN(C)CC5)c4)nc23)c1. The van der Waals surface area contributed by atoms with Crippen LogP contribution in [0.5, 0.6) is 0 Å². The van der Waals surface area contributed by atoms with Crippen LogP contribution in [0.3, 0.4) is 0 Å². The van der Waals surface area contributed by atoms with Crippen molar-refractivity contribution in [3.63, 3.8) is 0 Å². The third-order valence-corrected chi connectivity index (χ3v) is 6.24. The number of nitrogens with zero attached hydrogens (tertiary/aromatic N) is 4. The smallest absolute Gasteiger partial charge is 0.251 e. The van der Waals surface area contributed by atoms with Crippen molar-refractivity contribution in [3.8, 4) is 11.1 Å². The molecule has 4 aromatic rings. The first-order chi connectivity index (χ1) is 16.6. The summed E-state index contributed by atoms with van der Waals surface area (Å²) in [4.78, 5) is 26.3. The van der Waals surface area contributed by atoms with Crippen molar-refractivity contribution in [2.24, 2.45) is 0 Å². The highest BCUT2D eigenvalue weighted by Crippen LogP contribution is 2.29. The summed E-state index contributed by atoms with van der Waals surface area (Å²) in [6.45, 7) is 4.17. The minimum atomic E-state index is -0.112. The highest BCUT2D eigenvalue weighted by atomic mass is 16.1. The van der Waals surface area contributed by atoms with Gasteiger partial charge < -0.3 is 20.4 Å². The molecule has 5 rings (SSSR count). The lowest BCUT2D eigenvalue weighted by Crippen LogP contribution is -2.44. The number of fused-ring (bicyclic) bond motifs is 1. The number of carbonyl (C=O) groups is 1. The van der Waals surface area contributed by atoms with E-state index in [-0.39, 0.29) is 5.91 Å². The van der Waals surface area contributed by atoms with Crippen molar-refractivity contribution in [1.82, 2.24) is 20.2 Å².